The highest BCUT2D eigenvalue weighted by Crippen LogP contribution is 2.38. The number of nitrogens with one attached hydrogen (secondary N) is 2. The quantitative estimate of drug-likeness (QED) is 0.422. The Morgan fingerprint density at radius 3 is 2.69 bits per heavy atom. The van der Waals surface area contributed by atoms with Crippen molar-refractivity contribution in [1.82, 2.24) is 10.6 Å². The first-order valence-corrected chi connectivity index (χ1v) is 9.60. The summed E-state index contributed by atoms with van der Waals surface area (Å²) in [6.07, 6.45) is 6.89. The van der Waals surface area contributed by atoms with E-state index >= 15 is 0 Å². The highest BCUT2D eigenvalue weighted by molar-refractivity contribution is 5.92. The van der Waals surface area contributed by atoms with Gasteiger partial charge in [-0.3, -0.25) is 4.79 Å². The van der Waals surface area contributed by atoms with E-state index in [0.29, 0.717) is 12.1 Å². The average Bonchev–Trinajstić information content (AvgIpc) is 2.65. The van der Waals surface area contributed by atoms with Crippen LogP contribution in [0.4, 0.5) is 0 Å². The number of benzene rings is 1. The van der Waals surface area contributed by atoms with Crippen LogP contribution < -0.4 is 16.4 Å². The van der Waals surface area contributed by atoms with E-state index in [4.69, 9.17) is 5.73 Å². The predicted molar refractivity (Wildman–Crippen MR) is 105 cm³/mol. The first-order chi connectivity index (χ1) is 12.6. The Balaban J connectivity index is 2.01. The molecule has 6 nitrogen and oxygen atoms in total. The van der Waals surface area contributed by atoms with Gasteiger partial charge in [0.15, 0.2) is 5.96 Å². The number of hydrogen-bond acceptors (Lipinski definition) is 3. The molecule has 0 radical (unpaired) electrons. The van der Waals surface area contributed by atoms with Gasteiger partial charge in [-0.05, 0) is 49.3 Å². The molecule has 0 aromatic heterocycles. The van der Waals surface area contributed by atoms with Gasteiger partial charge in [0, 0.05) is 25.3 Å². The minimum Gasteiger partial charge on any atom is -0.396 e. The van der Waals surface area contributed by atoms with Crippen molar-refractivity contribution < 1.29 is 9.90 Å². The van der Waals surface area contributed by atoms with Crippen molar-refractivity contribution in [3.05, 3.63) is 35.4 Å². The monoisotopic (exact) mass is 360 g/mol. The van der Waals surface area contributed by atoms with E-state index in [1.54, 1.807) is 12.1 Å². The van der Waals surface area contributed by atoms with Gasteiger partial charge >= 0.3 is 0 Å². The topological polar surface area (TPSA) is 99.7 Å². The SMILES string of the molecule is CCNC(=NCc1cccc(C(N)=O)c1)NCC1(CCO)CCCCC1. The van der Waals surface area contributed by atoms with Crippen LogP contribution >= 0.6 is 0 Å². The number of aliphatic imine (C=N–C) groups is 1. The lowest BCUT2D eigenvalue weighted by Crippen LogP contribution is -2.44. The summed E-state index contributed by atoms with van der Waals surface area (Å²) in [4.78, 5) is 15.9. The number of nitrogens with zero attached hydrogens (tertiary/aromatic N) is 1. The lowest BCUT2D eigenvalue weighted by atomic mass is 9.72. The highest BCUT2D eigenvalue weighted by atomic mass is 16.3. The summed E-state index contributed by atoms with van der Waals surface area (Å²) in [7, 11) is 0. The van der Waals surface area contributed by atoms with Crippen molar-refractivity contribution >= 4 is 11.9 Å². The van der Waals surface area contributed by atoms with Crippen molar-refractivity contribution in [3.8, 4) is 0 Å². The number of nitrogens with two attached hydrogens (primary N) is 1. The van der Waals surface area contributed by atoms with Crippen molar-refractivity contribution in [2.75, 3.05) is 19.7 Å². The van der Waals surface area contributed by atoms with Gasteiger partial charge in [-0.25, -0.2) is 4.99 Å². The smallest absolute Gasteiger partial charge is 0.248 e. The van der Waals surface area contributed by atoms with Crippen LogP contribution in [0.5, 0.6) is 0 Å². The Hall–Kier alpha value is -2.08. The van der Waals surface area contributed by atoms with Crippen molar-refractivity contribution in [2.24, 2.45) is 16.1 Å². The molecule has 2 rings (SSSR count). The van der Waals surface area contributed by atoms with E-state index in [1.807, 2.05) is 19.1 Å². The third-order valence-electron chi connectivity index (χ3n) is 5.16. The van der Waals surface area contributed by atoms with Crippen molar-refractivity contribution in [1.29, 1.82) is 0 Å². The first kappa shape index (κ1) is 20.2. The van der Waals surface area contributed by atoms with Crippen LogP contribution in [0.3, 0.4) is 0 Å². The molecule has 1 fully saturated rings. The van der Waals surface area contributed by atoms with Crippen molar-refractivity contribution in [2.45, 2.75) is 52.0 Å². The van der Waals surface area contributed by atoms with E-state index in [1.165, 1.54) is 19.3 Å². The molecule has 6 heteroatoms. The minimum absolute atomic E-state index is 0.162. The summed E-state index contributed by atoms with van der Waals surface area (Å²) in [6.45, 7) is 4.34. The zero-order chi connectivity index (χ0) is 18.8. The zero-order valence-corrected chi connectivity index (χ0v) is 15.8. The second kappa shape index (κ2) is 10.2. The largest absolute Gasteiger partial charge is 0.396 e. The van der Waals surface area contributed by atoms with Crippen LogP contribution in [-0.4, -0.2) is 36.7 Å². The predicted octanol–water partition coefficient (Wildman–Crippen LogP) is 2.17. The number of aliphatic hydroxyl groups is 1. The van der Waals surface area contributed by atoms with E-state index < -0.39 is 5.91 Å². The molecule has 0 unspecified atom stereocenters. The highest BCUT2D eigenvalue weighted by Gasteiger charge is 2.31. The number of aliphatic hydroxyl groups excluding tert-OH is 1. The molecule has 1 aromatic carbocycles. The van der Waals surface area contributed by atoms with E-state index in [2.05, 4.69) is 15.6 Å². The van der Waals surface area contributed by atoms with Gasteiger partial charge in [0.2, 0.25) is 5.91 Å². The summed E-state index contributed by atoms with van der Waals surface area (Å²) in [5.74, 6) is 0.337. The molecule has 0 heterocycles. The fourth-order valence-corrected chi connectivity index (χ4v) is 3.66. The lowest BCUT2D eigenvalue weighted by molar-refractivity contribution is 0.1000. The minimum atomic E-state index is -0.427. The van der Waals surface area contributed by atoms with Crippen LogP contribution in [0.2, 0.25) is 0 Å². The number of carbonyl (C=O) groups excluding carboxylic acids is 1. The van der Waals surface area contributed by atoms with Gasteiger partial charge in [-0.1, -0.05) is 31.4 Å². The molecule has 1 aliphatic carbocycles. The molecule has 0 saturated heterocycles. The van der Waals surface area contributed by atoms with Gasteiger partial charge in [0.1, 0.15) is 0 Å². The van der Waals surface area contributed by atoms with Gasteiger partial charge in [-0.2, -0.15) is 0 Å². The Bertz CT molecular complexity index is 604. The Kier molecular flexibility index (Phi) is 7.91. The number of primary amides is 1. The molecule has 26 heavy (non-hydrogen) atoms. The van der Waals surface area contributed by atoms with Crippen LogP contribution in [-0.2, 0) is 6.54 Å². The maximum Gasteiger partial charge on any atom is 0.248 e. The molecule has 0 bridgehead atoms. The molecule has 0 spiro atoms. The van der Waals surface area contributed by atoms with Crippen LogP contribution in [0.15, 0.2) is 29.3 Å². The van der Waals surface area contributed by atoms with Gasteiger partial charge in [0.05, 0.1) is 6.54 Å². The van der Waals surface area contributed by atoms with Crippen LogP contribution in [0.25, 0.3) is 0 Å². The molecule has 1 aliphatic rings. The van der Waals surface area contributed by atoms with E-state index in [9.17, 15) is 9.90 Å². The third kappa shape index (κ3) is 6.02. The molecule has 0 atom stereocenters. The molecule has 1 amide bonds. The summed E-state index contributed by atoms with van der Waals surface area (Å²) < 4.78 is 0. The molecule has 144 valence electrons. The maximum absolute atomic E-state index is 11.3. The van der Waals surface area contributed by atoms with Crippen molar-refractivity contribution in [3.63, 3.8) is 0 Å². The summed E-state index contributed by atoms with van der Waals surface area (Å²) in [5, 5.41) is 16.2. The molecule has 1 aromatic rings. The molecule has 0 aliphatic heterocycles. The number of rotatable bonds is 8. The summed E-state index contributed by atoms with van der Waals surface area (Å²) in [5.41, 5.74) is 6.95. The normalized spacial score (nSPS) is 16.9. The summed E-state index contributed by atoms with van der Waals surface area (Å²) >= 11 is 0. The Morgan fingerprint density at radius 2 is 2.04 bits per heavy atom. The second-order valence-corrected chi connectivity index (χ2v) is 7.15. The van der Waals surface area contributed by atoms with Crippen LogP contribution in [0, 0.1) is 5.41 Å². The second-order valence-electron chi connectivity index (χ2n) is 7.15. The number of hydrogen-bond donors (Lipinski definition) is 4. The van der Waals surface area contributed by atoms with Crippen LogP contribution in [0.1, 0.15) is 61.4 Å². The van der Waals surface area contributed by atoms with Gasteiger partial charge in [-0.15, -0.1) is 0 Å². The summed E-state index contributed by atoms with van der Waals surface area (Å²) in [6, 6.07) is 7.25. The standard InChI is InChI=1S/C20H32N4O2/c1-2-22-19(23-14-16-7-6-8-17(13-16)18(21)26)24-15-20(11-12-25)9-4-3-5-10-20/h6-8,13,25H,2-5,9-12,14-15H2,1H3,(H2,21,26)(H2,22,23,24). The molecule has 5 N–H and O–H groups in total. The molecule has 1 saturated carbocycles. The van der Waals surface area contributed by atoms with Gasteiger partial charge in [0.25, 0.3) is 0 Å². The molecular formula is C20H32N4O2. The zero-order valence-electron chi connectivity index (χ0n) is 15.8. The first-order valence-electron chi connectivity index (χ1n) is 9.60. The Labute approximate surface area is 156 Å². The number of carbonyl (C=O) groups is 1. The number of amides is 1. The van der Waals surface area contributed by atoms with E-state index in [0.717, 1.165) is 43.9 Å². The Morgan fingerprint density at radius 1 is 1.27 bits per heavy atom. The lowest BCUT2D eigenvalue weighted by Gasteiger charge is -2.37. The third-order valence-corrected chi connectivity index (χ3v) is 5.16. The average molecular weight is 361 g/mol. The number of guanidine groups is 1. The van der Waals surface area contributed by atoms with E-state index in [-0.39, 0.29) is 12.0 Å². The van der Waals surface area contributed by atoms with Gasteiger partial charge < -0.3 is 21.5 Å². The molecular weight excluding hydrogens is 328 g/mol. The fourth-order valence-electron chi connectivity index (χ4n) is 3.66. The fraction of sp³-hybridized carbons (Fsp3) is 0.600. The maximum atomic E-state index is 11.3.